The highest BCUT2D eigenvalue weighted by Gasteiger charge is 2.33. The monoisotopic (exact) mass is 335 g/mol. The Hall–Kier alpha value is -1.56. The molecule has 23 heavy (non-hydrogen) atoms. The van der Waals surface area contributed by atoms with Crippen LogP contribution in [0.5, 0.6) is 5.75 Å². The first-order valence-electron chi connectivity index (χ1n) is 7.73. The van der Waals surface area contributed by atoms with Crippen molar-refractivity contribution in [3.63, 3.8) is 0 Å². The van der Waals surface area contributed by atoms with E-state index in [2.05, 4.69) is 16.1 Å². The highest BCUT2D eigenvalue weighted by Crippen LogP contribution is 2.36. The quantitative estimate of drug-likeness (QED) is 0.933. The number of benzene rings is 1. The lowest BCUT2D eigenvalue weighted by Gasteiger charge is -2.24. The highest BCUT2D eigenvalue weighted by atomic mass is 35.5. The van der Waals surface area contributed by atoms with E-state index in [0.717, 1.165) is 22.6 Å². The van der Waals surface area contributed by atoms with Gasteiger partial charge in [0, 0.05) is 31.7 Å². The molecule has 1 fully saturated rings. The first-order chi connectivity index (χ1) is 11.0. The Labute approximate surface area is 141 Å². The van der Waals surface area contributed by atoms with Crippen molar-refractivity contribution in [2.24, 2.45) is 7.05 Å². The van der Waals surface area contributed by atoms with E-state index in [0.29, 0.717) is 24.7 Å². The molecule has 3 rings (SSSR count). The second-order valence-electron chi connectivity index (χ2n) is 6.09. The van der Waals surface area contributed by atoms with Crippen molar-refractivity contribution in [1.82, 2.24) is 14.7 Å². The van der Waals surface area contributed by atoms with Gasteiger partial charge in [0.1, 0.15) is 10.9 Å². The van der Waals surface area contributed by atoms with Gasteiger partial charge in [-0.1, -0.05) is 23.7 Å². The van der Waals surface area contributed by atoms with Crippen molar-refractivity contribution >= 4 is 11.6 Å². The number of rotatable bonds is 4. The predicted octanol–water partition coefficient (Wildman–Crippen LogP) is 2.70. The molecule has 0 unspecified atom stereocenters. The van der Waals surface area contributed by atoms with Crippen LogP contribution in [0.25, 0.3) is 0 Å². The summed E-state index contributed by atoms with van der Waals surface area (Å²) in [5.74, 6) is 0.833. The van der Waals surface area contributed by atoms with Crippen molar-refractivity contribution in [2.45, 2.75) is 32.0 Å². The number of halogens is 1. The van der Waals surface area contributed by atoms with E-state index in [1.165, 1.54) is 0 Å². The number of methoxy groups -OCH3 is 1. The second kappa shape index (κ2) is 6.51. The van der Waals surface area contributed by atoms with Gasteiger partial charge >= 0.3 is 0 Å². The summed E-state index contributed by atoms with van der Waals surface area (Å²) >= 11 is 6.36. The zero-order chi connectivity index (χ0) is 16.6. The smallest absolute Gasteiger partial charge is 0.131 e. The number of likely N-dealkylation sites (tertiary alicyclic amines) is 1. The summed E-state index contributed by atoms with van der Waals surface area (Å²) in [4.78, 5) is 2.26. The van der Waals surface area contributed by atoms with Gasteiger partial charge in [0.15, 0.2) is 0 Å². The highest BCUT2D eigenvalue weighted by molar-refractivity contribution is 6.30. The van der Waals surface area contributed by atoms with E-state index in [4.69, 9.17) is 16.3 Å². The molecule has 5 nitrogen and oxygen atoms in total. The average Bonchev–Trinajstić information content (AvgIpc) is 3.02. The van der Waals surface area contributed by atoms with E-state index in [-0.39, 0.29) is 12.1 Å². The molecule has 1 aromatic heterocycles. The number of aromatic nitrogens is 2. The van der Waals surface area contributed by atoms with Crippen LogP contribution in [0.1, 0.15) is 29.3 Å². The molecule has 6 heteroatoms. The van der Waals surface area contributed by atoms with Gasteiger partial charge in [0.05, 0.1) is 18.9 Å². The van der Waals surface area contributed by atoms with Gasteiger partial charge in [-0.25, -0.2) is 0 Å². The SMILES string of the molecule is COc1cccc([C@@H]2C[C@H](O)CN2Cc2c(C)nn(C)c2Cl)c1. The molecule has 1 N–H and O–H groups in total. The van der Waals surface area contributed by atoms with Gasteiger partial charge in [0.25, 0.3) is 0 Å². The fraction of sp³-hybridized carbons (Fsp3) is 0.471. The summed E-state index contributed by atoms with van der Waals surface area (Å²) in [5.41, 5.74) is 3.11. The summed E-state index contributed by atoms with van der Waals surface area (Å²) in [5, 5.41) is 15.2. The van der Waals surface area contributed by atoms with E-state index in [9.17, 15) is 5.11 Å². The standard InChI is InChI=1S/C17H22ClN3O2/c1-11-15(17(18)20(2)19-11)10-21-9-13(22)8-16(21)12-5-4-6-14(7-12)23-3/h4-7,13,16,22H,8-10H2,1-3H3/t13-,16-/m0/s1. The van der Waals surface area contributed by atoms with E-state index >= 15 is 0 Å². The topological polar surface area (TPSA) is 50.5 Å². The van der Waals surface area contributed by atoms with E-state index < -0.39 is 0 Å². The molecule has 2 atom stereocenters. The average molecular weight is 336 g/mol. The molecule has 1 saturated heterocycles. The predicted molar refractivity (Wildman–Crippen MR) is 89.7 cm³/mol. The fourth-order valence-electron chi connectivity index (χ4n) is 3.31. The molecule has 124 valence electrons. The van der Waals surface area contributed by atoms with Crippen molar-refractivity contribution < 1.29 is 9.84 Å². The molecule has 0 saturated carbocycles. The first-order valence-corrected chi connectivity index (χ1v) is 8.11. The molecule has 0 amide bonds. The molecule has 2 heterocycles. The van der Waals surface area contributed by atoms with Gasteiger partial charge in [-0.3, -0.25) is 9.58 Å². The van der Waals surface area contributed by atoms with Crippen molar-refractivity contribution in [3.05, 3.63) is 46.2 Å². The molecular weight excluding hydrogens is 314 g/mol. The maximum atomic E-state index is 10.2. The molecular formula is C17H22ClN3O2. The number of ether oxygens (including phenoxy) is 1. The minimum absolute atomic E-state index is 0.149. The largest absolute Gasteiger partial charge is 0.497 e. The number of hydrogen-bond donors (Lipinski definition) is 1. The minimum atomic E-state index is -0.332. The van der Waals surface area contributed by atoms with Gasteiger partial charge in [-0.05, 0) is 31.0 Å². The number of aryl methyl sites for hydroxylation is 2. The number of β-amino-alcohol motifs (C(OH)–C–C–N with tert-alkyl or cyclic N) is 1. The lowest BCUT2D eigenvalue weighted by atomic mass is 10.0. The first kappa shape index (κ1) is 16.3. The lowest BCUT2D eigenvalue weighted by Crippen LogP contribution is -2.24. The van der Waals surface area contributed by atoms with Crippen LogP contribution >= 0.6 is 11.6 Å². The normalized spacial score (nSPS) is 21.8. The molecule has 0 bridgehead atoms. The second-order valence-corrected chi connectivity index (χ2v) is 6.45. The summed E-state index contributed by atoms with van der Waals surface area (Å²) in [6.45, 7) is 3.28. The summed E-state index contributed by atoms with van der Waals surface area (Å²) < 4.78 is 7.01. The molecule has 0 spiro atoms. The molecule has 0 radical (unpaired) electrons. The third-order valence-corrected chi connectivity index (χ3v) is 4.96. The van der Waals surface area contributed by atoms with Gasteiger partial charge in [0.2, 0.25) is 0 Å². The molecule has 0 aliphatic carbocycles. The van der Waals surface area contributed by atoms with Crippen LogP contribution in [0.2, 0.25) is 5.15 Å². The van der Waals surface area contributed by atoms with Gasteiger partial charge < -0.3 is 9.84 Å². The summed E-state index contributed by atoms with van der Waals surface area (Å²) in [6.07, 6.45) is 0.381. The minimum Gasteiger partial charge on any atom is -0.497 e. The third kappa shape index (κ3) is 3.22. The third-order valence-electron chi connectivity index (χ3n) is 4.49. The number of hydrogen-bond acceptors (Lipinski definition) is 4. The molecule has 1 aromatic carbocycles. The Morgan fingerprint density at radius 2 is 2.22 bits per heavy atom. The van der Waals surface area contributed by atoms with Crippen LogP contribution in [0.15, 0.2) is 24.3 Å². The van der Waals surface area contributed by atoms with E-state index in [1.54, 1.807) is 11.8 Å². The number of nitrogens with zero attached hydrogens (tertiary/aromatic N) is 3. The van der Waals surface area contributed by atoms with Crippen LogP contribution in [0.3, 0.4) is 0 Å². The van der Waals surface area contributed by atoms with Crippen LogP contribution in [-0.4, -0.2) is 39.5 Å². The zero-order valence-electron chi connectivity index (χ0n) is 13.7. The Morgan fingerprint density at radius 1 is 1.43 bits per heavy atom. The van der Waals surface area contributed by atoms with Crippen molar-refractivity contribution in [3.8, 4) is 5.75 Å². The molecule has 1 aliphatic heterocycles. The zero-order valence-corrected chi connectivity index (χ0v) is 14.4. The van der Waals surface area contributed by atoms with Crippen molar-refractivity contribution in [2.75, 3.05) is 13.7 Å². The number of aliphatic hydroxyl groups excluding tert-OH is 1. The van der Waals surface area contributed by atoms with Crippen LogP contribution in [0.4, 0.5) is 0 Å². The summed E-state index contributed by atoms with van der Waals surface area (Å²) in [6, 6.07) is 8.18. The van der Waals surface area contributed by atoms with Crippen LogP contribution in [-0.2, 0) is 13.6 Å². The fourth-order valence-corrected chi connectivity index (χ4v) is 3.54. The summed E-state index contributed by atoms with van der Waals surface area (Å²) in [7, 11) is 3.51. The number of aliphatic hydroxyl groups is 1. The van der Waals surface area contributed by atoms with Gasteiger partial charge in [-0.15, -0.1) is 0 Å². The Kier molecular flexibility index (Phi) is 4.62. The Bertz CT molecular complexity index is 701. The molecule has 2 aromatic rings. The Balaban J connectivity index is 1.87. The lowest BCUT2D eigenvalue weighted by molar-refractivity contribution is 0.172. The maximum Gasteiger partial charge on any atom is 0.131 e. The van der Waals surface area contributed by atoms with Crippen molar-refractivity contribution in [1.29, 1.82) is 0 Å². The van der Waals surface area contributed by atoms with E-state index in [1.807, 2.05) is 32.2 Å². The maximum absolute atomic E-state index is 10.2. The van der Waals surface area contributed by atoms with Crippen LogP contribution < -0.4 is 4.74 Å². The van der Waals surface area contributed by atoms with Crippen LogP contribution in [0, 0.1) is 6.92 Å². The van der Waals surface area contributed by atoms with Gasteiger partial charge in [-0.2, -0.15) is 5.10 Å². The molecule has 1 aliphatic rings. The Morgan fingerprint density at radius 3 is 2.87 bits per heavy atom.